The van der Waals surface area contributed by atoms with Gasteiger partial charge in [0.1, 0.15) is 0 Å². The molecule has 1 unspecified atom stereocenters. The average molecular weight is 233 g/mol. The van der Waals surface area contributed by atoms with Crippen molar-refractivity contribution in [2.24, 2.45) is 5.92 Å². The minimum atomic E-state index is -0.324. The molecule has 2 atom stereocenters. The van der Waals surface area contributed by atoms with Crippen molar-refractivity contribution in [2.45, 2.75) is 45.3 Å². The van der Waals surface area contributed by atoms with Gasteiger partial charge in [-0.05, 0) is 49.8 Å². The van der Waals surface area contributed by atoms with Gasteiger partial charge in [-0.25, -0.2) is 0 Å². The average Bonchev–Trinajstić information content (AvgIpc) is 3.20. The lowest BCUT2D eigenvalue weighted by Crippen LogP contribution is -2.30. The van der Waals surface area contributed by atoms with E-state index in [2.05, 4.69) is 31.0 Å². The van der Waals surface area contributed by atoms with E-state index in [0.717, 1.165) is 17.9 Å². The maximum absolute atomic E-state index is 9.75. The molecule has 94 valence electrons. The van der Waals surface area contributed by atoms with E-state index in [4.69, 9.17) is 0 Å². The summed E-state index contributed by atoms with van der Waals surface area (Å²) in [6.07, 6.45) is 3.19. The van der Waals surface area contributed by atoms with Crippen LogP contribution in [-0.2, 0) is 0 Å². The van der Waals surface area contributed by atoms with Gasteiger partial charge in [-0.3, -0.25) is 0 Å². The predicted octanol–water partition coefficient (Wildman–Crippen LogP) is 3.36. The van der Waals surface area contributed by atoms with Gasteiger partial charge in [0.2, 0.25) is 0 Å². The van der Waals surface area contributed by atoms with Gasteiger partial charge in [0.25, 0.3) is 0 Å². The third-order valence-corrected chi connectivity index (χ3v) is 3.99. The second-order valence-corrected chi connectivity index (χ2v) is 5.20. The highest BCUT2D eigenvalue weighted by molar-refractivity contribution is 5.48. The van der Waals surface area contributed by atoms with Crippen molar-refractivity contribution in [1.29, 1.82) is 0 Å². The first-order valence-electron chi connectivity index (χ1n) is 6.64. The summed E-state index contributed by atoms with van der Waals surface area (Å²) < 4.78 is 0. The minimum Gasteiger partial charge on any atom is -0.388 e. The lowest BCUT2D eigenvalue weighted by atomic mass is 10.1. The summed E-state index contributed by atoms with van der Waals surface area (Å²) in [4.78, 5) is 2.35. The summed E-state index contributed by atoms with van der Waals surface area (Å²) >= 11 is 0. The molecule has 0 heterocycles. The van der Waals surface area contributed by atoms with Gasteiger partial charge in [0.15, 0.2) is 0 Å². The fraction of sp³-hybridized carbons (Fsp3) is 0.600. The number of nitrogens with zero attached hydrogens (tertiary/aromatic N) is 1. The molecule has 1 aliphatic rings. The molecule has 0 amide bonds. The highest BCUT2D eigenvalue weighted by Gasteiger charge is 2.30. The molecule has 0 spiro atoms. The van der Waals surface area contributed by atoms with E-state index in [1.54, 1.807) is 0 Å². The molecule has 0 bridgehead atoms. The molecular weight excluding hydrogens is 210 g/mol. The number of anilines is 1. The van der Waals surface area contributed by atoms with Gasteiger partial charge >= 0.3 is 0 Å². The van der Waals surface area contributed by atoms with Crippen LogP contribution in [0.3, 0.4) is 0 Å². The second-order valence-electron chi connectivity index (χ2n) is 5.20. The molecule has 1 aromatic carbocycles. The van der Waals surface area contributed by atoms with Gasteiger partial charge in [0, 0.05) is 18.8 Å². The van der Waals surface area contributed by atoms with Crippen molar-refractivity contribution in [3.05, 3.63) is 29.8 Å². The van der Waals surface area contributed by atoms with E-state index in [0.29, 0.717) is 6.04 Å². The smallest absolute Gasteiger partial charge is 0.0787 e. The van der Waals surface area contributed by atoms with Crippen LogP contribution in [0.1, 0.15) is 44.8 Å². The number of hydrogen-bond donors (Lipinski definition) is 1. The van der Waals surface area contributed by atoms with Gasteiger partial charge in [0.05, 0.1) is 6.10 Å². The topological polar surface area (TPSA) is 23.5 Å². The molecular formula is C15H23NO. The van der Waals surface area contributed by atoms with E-state index in [9.17, 15) is 5.11 Å². The van der Waals surface area contributed by atoms with Crippen molar-refractivity contribution >= 4 is 5.69 Å². The zero-order valence-corrected chi connectivity index (χ0v) is 11.1. The van der Waals surface area contributed by atoms with Crippen LogP contribution in [0.4, 0.5) is 5.69 Å². The third kappa shape index (κ3) is 2.81. The first-order chi connectivity index (χ1) is 8.13. The predicted molar refractivity (Wildman–Crippen MR) is 72.3 cm³/mol. The lowest BCUT2D eigenvalue weighted by Gasteiger charge is -2.27. The summed E-state index contributed by atoms with van der Waals surface area (Å²) in [7, 11) is 2.16. The molecule has 2 rings (SSSR count). The molecule has 1 N–H and O–H groups in total. The number of benzene rings is 1. The lowest BCUT2D eigenvalue weighted by molar-refractivity contribution is 0.173. The quantitative estimate of drug-likeness (QED) is 0.843. The highest BCUT2D eigenvalue weighted by Crippen LogP contribution is 2.36. The SMILES string of the molecule is CC[C@H](O)c1ccc(N(C)C(C)C2CC2)cc1. The fourth-order valence-electron chi connectivity index (χ4n) is 2.30. The van der Waals surface area contributed by atoms with Crippen molar-refractivity contribution in [3.8, 4) is 0 Å². The number of aliphatic hydroxyl groups is 1. The highest BCUT2D eigenvalue weighted by atomic mass is 16.3. The van der Waals surface area contributed by atoms with Gasteiger partial charge in [-0.2, -0.15) is 0 Å². The van der Waals surface area contributed by atoms with Crippen LogP contribution in [0.5, 0.6) is 0 Å². The molecule has 17 heavy (non-hydrogen) atoms. The van der Waals surface area contributed by atoms with Crippen LogP contribution in [0.2, 0.25) is 0 Å². The Kier molecular flexibility index (Phi) is 3.72. The zero-order chi connectivity index (χ0) is 12.4. The number of rotatable bonds is 5. The van der Waals surface area contributed by atoms with Gasteiger partial charge in [-0.15, -0.1) is 0 Å². The maximum atomic E-state index is 9.75. The molecule has 0 aliphatic heterocycles. The Morgan fingerprint density at radius 3 is 2.35 bits per heavy atom. The molecule has 1 aliphatic carbocycles. The Morgan fingerprint density at radius 1 is 1.29 bits per heavy atom. The fourth-order valence-corrected chi connectivity index (χ4v) is 2.30. The number of hydrogen-bond acceptors (Lipinski definition) is 2. The number of aliphatic hydroxyl groups excluding tert-OH is 1. The molecule has 1 aromatic rings. The molecule has 0 aromatic heterocycles. The van der Waals surface area contributed by atoms with E-state index in [-0.39, 0.29) is 6.10 Å². The van der Waals surface area contributed by atoms with Crippen LogP contribution in [0, 0.1) is 5.92 Å². The Hall–Kier alpha value is -1.02. The van der Waals surface area contributed by atoms with Gasteiger partial charge < -0.3 is 10.0 Å². The van der Waals surface area contributed by atoms with Crippen LogP contribution in [0.15, 0.2) is 24.3 Å². The Morgan fingerprint density at radius 2 is 1.88 bits per heavy atom. The molecule has 2 heteroatoms. The minimum absolute atomic E-state index is 0.324. The summed E-state index contributed by atoms with van der Waals surface area (Å²) in [5.41, 5.74) is 2.26. The van der Waals surface area contributed by atoms with Crippen molar-refractivity contribution in [2.75, 3.05) is 11.9 Å². The second kappa shape index (κ2) is 5.09. The Labute approximate surface area is 104 Å². The van der Waals surface area contributed by atoms with E-state index < -0.39 is 0 Å². The Balaban J connectivity index is 2.06. The maximum Gasteiger partial charge on any atom is 0.0787 e. The molecule has 0 saturated heterocycles. The van der Waals surface area contributed by atoms with Crippen LogP contribution in [-0.4, -0.2) is 18.2 Å². The van der Waals surface area contributed by atoms with E-state index >= 15 is 0 Å². The summed E-state index contributed by atoms with van der Waals surface area (Å²) in [5, 5.41) is 9.75. The zero-order valence-electron chi connectivity index (χ0n) is 11.1. The Bertz CT molecular complexity index is 356. The van der Waals surface area contributed by atoms with Crippen molar-refractivity contribution in [1.82, 2.24) is 0 Å². The van der Waals surface area contributed by atoms with Crippen LogP contribution < -0.4 is 4.90 Å². The summed E-state index contributed by atoms with van der Waals surface area (Å²) in [6.45, 7) is 4.30. The summed E-state index contributed by atoms with van der Waals surface area (Å²) in [6, 6.07) is 8.94. The van der Waals surface area contributed by atoms with Crippen LogP contribution >= 0.6 is 0 Å². The first-order valence-corrected chi connectivity index (χ1v) is 6.64. The molecule has 2 nitrogen and oxygen atoms in total. The monoisotopic (exact) mass is 233 g/mol. The normalized spacial score (nSPS) is 18.8. The van der Waals surface area contributed by atoms with E-state index in [1.165, 1.54) is 18.5 Å². The van der Waals surface area contributed by atoms with Gasteiger partial charge in [-0.1, -0.05) is 19.1 Å². The standard InChI is InChI=1S/C15H23NO/c1-4-15(17)13-7-9-14(10-8-13)16(3)11(2)12-5-6-12/h7-12,15,17H,4-6H2,1-3H3/t11?,15-/m0/s1. The molecule has 1 saturated carbocycles. The molecule has 0 radical (unpaired) electrons. The van der Waals surface area contributed by atoms with Crippen molar-refractivity contribution in [3.63, 3.8) is 0 Å². The first kappa shape index (κ1) is 12.4. The van der Waals surface area contributed by atoms with Crippen LogP contribution in [0.25, 0.3) is 0 Å². The van der Waals surface area contributed by atoms with E-state index in [1.807, 2.05) is 19.1 Å². The summed E-state index contributed by atoms with van der Waals surface area (Å²) in [5.74, 6) is 0.876. The third-order valence-electron chi connectivity index (χ3n) is 3.99. The molecule has 1 fully saturated rings. The van der Waals surface area contributed by atoms with Crippen molar-refractivity contribution < 1.29 is 5.11 Å². The largest absolute Gasteiger partial charge is 0.388 e.